The highest BCUT2D eigenvalue weighted by Crippen LogP contribution is 2.25. The van der Waals surface area contributed by atoms with Gasteiger partial charge in [-0.05, 0) is 42.7 Å². The first-order chi connectivity index (χ1) is 10.1. The maximum Gasteiger partial charge on any atom is 0.387 e. The van der Waals surface area contributed by atoms with Gasteiger partial charge in [-0.1, -0.05) is 37.3 Å². The Morgan fingerprint density at radius 3 is 2.57 bits per heavy atom. The van der Waals surface area contributed by atoms with Crippen LogP contribution < -0.4 is 10.1 Å². The molecule has 0 aliphatic carbocycles. The summed E-state index contributed by atoms with van der Waals surface area (Å²) in [5, 5.41) is 3.42. The van der Waals surface area contributed by atoms with Gasteiger partial charge < -0.3 is 10.1 Å². The lowest BCUT2D eigenvalue weighted by Gasteiger charge is -2.19. The summed E-state index contributed by atoms with van der Waals surface area (Å²) < 4.78 is 29.0. The Balaban J connectivity index is 2.14. The second-order valence-corrected chi connectivity index (χ2v) is 4.83. The molecule has 1 unspecified atom stereocenters. The maximum atomic E-state index is 12.3. The van der Waals surface area contributed by atoms with E-state index in [1.165, 1.54) is 11.6 Å². The molecule has 0 heterocycles. The molecule has 0 aliphatic heterocycles. The summed E-state index contributed by atoms with van der Waals surface area (Å²) in [4.78, 5) is 0. The van der Waals surface area contributed by atoms with Gasteiger partial charge in [-0.25, -0.2) is 0 Å². The average Bonchev–Trinajstić information content (AvgIpc) is 2.47. The van der Waals surface area contributed by atoms with Crippen molar-refractivity contribution >= 4 is 5.69 Å². The number of anilines is 1. The van der Waals surface area contributed by atoms with Crippen LogP contribution in [0.1, 0.15) is 31.0 Å². The molecule has 4 heteroatoms. The van der Waals surface area contributed by atoms with Crippen molar-refractivity contribution in [1.82, 2.24) is 0 Å². The molecule has 0 bridgehead atoms. The van der Waals surface area contributed by atoms with Crippen LogP contribution in [0.4, 0.5) is 14.5 Å². The van der Waals surface area contributed by atoms with Gasteiger partial charge in [0.05, 0.1) is 0 Å². The van der Waals surface area contributed by atoms with Crippen molar-refractivity contribution < 1.29 is 13.5 Å². The van der Waals surface area contributed by atoms with Gasteiger partial charge in [0.2, 0.25) is 0 Å². The predicted octanol–water partition coefficient (Wildman–Crippen LogP) is 5.02. The zero-order valence-corrected chi connectivity index (χ0v) is 12.1. The van der Waals surface area contributed by atoms with Crippen LogP contribution in [0.2, 0.25) is 0 Å². The fourth-order valence-electron chi connectivity index (χ4n) is 2.25. The molecule has 2 aromatic carbocycles. The van der Waals surface area contributed by atoms with Crippen LogP contribution in [0, 0.1) is 0 Å². The molecule has 21 heavy (non-hydrogen) atoms. The van der Waals surface area contributed by atoms with Gasteiger partial charge in [-0.15, -0.1) is 0 Å². The fourth-order valence-corrected chi connectivity index (χ4v) is 2.25. The minimum Gasteiger partial charge on any atom is -0.435 e. The van der Waals surface area contributed by atoms with Crippen LogP contribution in [0.5, 0.6) is 5.75 Å². The van der Waals surface area contributed by atoms with Gasteiger partial charge in [0.1, 0.15) is 5.75 Å². The highest BCUT2D eigenvalue weighted by atomic mass is 19.3. The highest BCUT2D eigenvalue weighted by Gasteiger charge is 2.10. The van der Waals surface area contributed by atoms with Crippen molar-refractivity contribution in [3.63, 3.8) is 0 Å². The van der Waals surface area contributed by atoms with E-state index in [4.69, 9.17) is 0 Å². The second-order valence-electron chi connectivity index (χ2n) is 4.83. The van der Waals surface area contributed by atoms with E-state index in [1.807, 2.05) is 31.2 Å². The Bertz CT molecular complexity index is 587. The van der Waals surface area contributed by atoms with Crippen LogP contribution in [-0.4, -0.2) is 6.61 Å². The van der Waals surface area contributed by atoms with Crippen LogP contribution in [0.25, 0.3) is 0 Å². The normalized spacial score (nSPS) is 12.2. The van der Waals surface area contributed by atoms with Crippen LogP contribution in [0.3, 0.4) is 0 Å². The van der Waals surface area contributed by atoms with E-state index >= 15 is 0 Å². The van der Waals surface area contributed by atoms with Gasteiger partial charge in [-0.3, -0.25) is 0 Å². The summed E-state index contributed by atoms with van der Waals surface area (Å²) in [5.74, 6) is 0.180. The van der Waals surface area contributed by atoms with E-state index in [0.29, 0.717) is 0 Å². The third-order valence-electron chi connectivity index (χ3n) is 3.35. The molecule has 0 saturated carbocycles. The highest BCUT2D eigenvalue weighted by molar-refractivity contribution is 5.52. The van der Waals surface area contributed by atoms with Crippen LogP contribution in [0.15, 0.2) is 48.5 Å². The maximum absolute atomic E-state index is 12.3. The molecule has 0 aliphatic rings. The SMILES string of the molecule is CCc1ccccc1NC(C)c1cccc(OC(F)F)c1. The van der Waals surface area contributed by atoms with Gasteiger partial charge in [0.25, 0.3) is 0 Å². The molecular weight excluding hydrogens is 272 g/mol. The van der Waals surface area contributed by atoms with Crippen molar-refractivity contribution in [2.24, 2.45) is 0 Å². The number of nitrogens with one attached hydrogen (secondary N) is 1. The molecule has 0 spiro atoms. The molecule has 2 rings (SSSR count). The molecule has 0 saturated heterocycles. The number of rotatable bonds is 6. The zero-order valence-electron chi connectivity index (χ0n) is 12.1. The summed E-state index contributed by atoms with van der Waals surface area (Å²) in [6, 6.07) is 14.9. The summed E-state index contributed by atoms with van der Waals surface area (Å²) in [7, 11) is 0. The molecule has 0 aromatic heterocycles. The Hall–Kier alpha value is -2.10. The van der Waals surface area contributed by atoms with Crippen molar-refractivity contribution in [2.75, 3.05) is 5.32 Å². The number of alkyl halides is 2. The molecule has 0 amide bonds. The molecule has 1 atom stereocenters. The van der Waals surface area contributed by atoms with E-state index in [2.05, 4.69) is 23.0 Å². The summed E-state index contributed by atoms with van der Waals surface area (Å²) in [5.41, 5.74) is 3.19. The average molecular weight is 291 g/mol. The molecule has 112 valence electrons. The Morgan fingerprint density at radius 1 is 1.10 bits per heavy atom. The molecular formula is C17H19F2NO. The Morgan fingerprint density at radius 2 is 1.86 bits per heavy atom. The minimum atomic E-state index is -2.80. The standard InChI is InChI=1S/C17H19F2NO/c1-3-13-7-4-5-10-16(13)20-12(2)14-8-6-9-15(11-14)21-17(18)19/h4-12,17,20H,3H2,1-2H3. The monoisotopic (exact) mass is 291 g/mol. The molecule has 0 radical (unpaired) electrons. The van der Waals surface area contributed by atoms with Crippen LogP contribution >= 0.6 is 0 Å². The topological polar surface area (TPSA) is 21.3 Å². The lowest BCUT2D eigenvalue weighted by molar-refractivity contribution is -0.0498. The quantitative estimate of drug-likeness (QED) is 0.806. The van der Waals surface area contributed by atoms with Crippen molar-refractivity contribution in [1.29, 1.82) is 0 Å². The van der Waals surface area contributed by atoms with Crippen molar-refractivity contribution in [3.8, 4) is 5.75 Å². The summed E-state index contributed by atoms with van der Waals surface area (Å²) in [6.45, 7) is 1.29. The molecule has 2 nitrogen and oxygen atoms in total. The first-order valence-electron chi connectivity index (χ1n) is 6.99. The summed E-state index contributed by atoms with van der Waals surface area (Å²) in [6.07, 6.45) is 0.935. The van der Waals surface area contributed by atoms with Gasteiger partial charge in [0.15, 0.2) is 0 Å². The smallest absolute Gasteiger partial charge is 0.387 e. The van der Waals surface area contributed by atoms with Gasteiger partial charge in [-0.2, -0.15) is 8.78 Å². The Kier molecular flexibility index (Phi) is 5.14. The van der Waals surface area contributed by atoms with Crippen molar-refractivity contribution in [3.05, 3.63) is 59.7 Å². The summed E-state index contributed by atoms with van der Waals surface area (Å²) >= 11 is 0. The number of hydrogen-bond donors (Lipinski definition) is 1. The number of aryl methyl sites for hydroxylation is 1. The van der Waals surface area contributed by atoms with E-state index < -0.39 is 6.61 Å². The second kappa shape index (κ2) is 7.07. The number of benzene rings is 2. The van der Waals surface area contributed by atoms with Crippen LogP contribution in [-0.2, 0) is 6.42 Å². The molecule has 1 N–H and O–H groups in total. The lowest BCUT2D eigenvalue weighted by atomic mass is 10.1. The molecule has 0 fully saturated rings. The first-order valence-corrected chi connectivity index (χ1v) is 6.99. The van der Waals surface area contributed by atoms with E-state index in [1.54, 1.807) is 12.1 Å². The number of hydrogen-bond acceptors (Lipinski definition) is 2. The fraction of sp³-hybridized carbons (Fsp3) is 0.294. The number of ether oxygens (including phenoxy) is 1. The predicted molar refractivity (Wildman–Crippen MR) is 80.9 cm³/mol. The first kappa shape index (κ1) is 15.3. The van der Waals surface area contributed by atoms with Gasteiger partial charge >= 0.3 is 6.61 Å². The third kappa shape index (κ3) is 4.18. The zero-order chi connectivity index (χ0) is 15.2. The molecule has 2 aromatic rings. The Labute approximate surface area is 123 Å². The largest absolute Gasteiger partial charge is 0.435 e. The van der Waals surface area contributed by atoms with Crippen molar-refractivity contribution in [2.45, 2.75) is 32.9 Å². The third-order valence-corrected chi connectivity index (χ3v) is 3.35. The van der Waals surface area contributed by atoms with E-state index in [9.17, 15) is 8.78 Å². The number of halogens is 2. The van der Waals surface area contributed by atoms with E-state index in [0.717, 1.165) is 17.7 Å². The number of para-hydroxylation sites is 1. The van der Waals surface area contributed by atoms with E-state index in [-0.39, 0.29) is 11.8 Å². The minimum absolute atomic E-state index is 0.000998. The van der Waals surface area contributed by atoms with Gasteiger partial charge in [0, 0.05) is 11.7 Å². The lowest BCUT2D eigenvalue weighted by Crippen LogP contribution is -2.09.